The lowest BCUT2D eigenvalue weighted by Gasteiger charge is -2.25. The number of amides is 4. The van der Waals surface area contributed by atoms with Crippen molar-refractivity contribution < 1.29 is 29.1 Å². The number of thioether (sulfide) groups is 2. The van der Waals surface area contributed by atoms with Gasteiger partial charge in [0.15, 0.2) is 0 Å². The SMILES string of the molecule is CC(C)(C)OC(=O)NCC(=O)N1CC2(C[C@H]1C(=O)NCCCCCCC(=O)NO)SCCS2. The Morgan fingerprint density at radius 3 is 2.36 bits per heavy atom. The molecule has 188 valence electrons. The highest BCUT2D eigenvalue weighted by Crippen LogP contribution is 2.51. The third-order valence-corrected chi connectivity index (χ3v) is 8.69. The molecular formula is C21H36N4O6S2. The van der Waals surface area contributed by atoms with Gasteiger partial charge >= 0.3 is 6.09 Å². The van der Waals surface area contributed by atoms with Crippen molar-refractivity contribution in [2.45, 2.75) is 75.0 Å². The summed E-state index contributed by atoms with van der Waals surface area (Å²) in [5, 5.41) is 13.9. The maximum atomic E-state index is 12.9. The summed E-state index contributed by atoms with van der Waals surface area (Å²) in [6.07, 6.45) is 3.31. The van der Waals surface area contributed by atoms with Gasteiger partial charge in [-0.15, -0.1) is 23.5 Å². The van der Waals surface area contributed by atoms with E-state index in [2.05, 4.69) is 10.6 Å². The fourth-order valence-electron chi connectivity index (χ4n) is 3.75. The fraction of sp³-hybridized carbons (Fsp3) is 0.810. The number of hydrogen-bond donors (Lipinski definition) is 4. The molecule has 1 spiro atoms. The van der Waals surface area contributed by atoms with Crippen LogP contribution < -0.4 is 16.1 Å². The van der Waals surface area contributed by atoms with Crippen molar-refractivity contribution >= 4 is 47.3 Å². The first-order valence-corrected chi connectivity index (χ1v) is 13.3. The summed E-state index contributed by atoms with van der Waals surface area (Å²) in [5.41, 5.74) is 0.953. The molecule has 33 heavy (non-hydrogen) atoms. The van der Waals surface area contributed by atoms with Crippen LogP contribution in [-0.4, -0.2) is 80.8 Å². The second-order valence-electron chi connectivity index (χ2n) is 9.19. The second-order valence-corrected chi connectivity index (χ2v) is 12.4. The van der Waals surface area contributed by atoms with Crippen LogP contribution in [0.1, 0.15) is 59.3 Å². The highest BCUT2D eigenvalue weighted by molar-refractivity contribution is 8.21. The molecule has 0 unspecified atom stereocenters. The Kier molecular flexibility index (Phi) is 10.6. The van der Waals surface area contributed by atoms with Crippen LogP contribution in [-0.2, 0) is 19.1 Å². The lowest BCUT2D eigenvalue weighted by atomic mass is 10.1. The van der Waals surface area contributed by atoms with Crippen LogP contribution in [0.2, 0.25) is 0 Å². The van der Waals surface area contributed by atoms with Gasteiger partial charge in [-0.3, -0.25) is 19.6 Å². The van der Waals surface area contributed by atoms with Crippen molar-refractivity contribution in [3.05, 3.63) is 0 Å². The zero-order valence-electron chi connectivity index (χ0n) is 19.6. The number of rotatable bonds is 10. The van der Waals surface area contributed by atoms with Crippen molar-refractivity contribution in [2.24, 2.45) is 0 Å². The lowest BCUT2D eigenvalue weighted by molar-refractivity contribution is -0.137. The number of likely N-dealkylation sites (tertiary alicyclic amines) is 1. The Labute approximate surface area is 203 Å². The molecule has 0 aromatic heterocycles. The molecule has 0 aliphatic carbocycles. The lowest BCUT2D eigenvalue weighted by Crippen LogP contribution is -2.49. The minimum absolute atomic E-state index is 0.170. The molecular weight excluding hydrogens is 468 g/mol. The van der Waals surface area contributed by atoms with E-state index in [1.165, 1.54) is 0 Å². The van der Waals surface area contributed by atoms with Gasteiger partial charge in [0.2, 0.25) is 17.7 Å². The first kappa shape index (κ1) is 27.6. The van der Waals surface area contributed by atoms with Gasteiger partial charge in [0.05, 0.1) is 4.08 Å². The molecule has 0 radical (unpaired) electrons. The molecule has 2 fully saturated rings. The zero-order valence-corrected chi connectivity index (χ0v) is 21.2. The zero-order chi connectivity index (χ0) is 24.5. The van der Waals surface area contributed by atoms with E-state index in [1.54, 1.807) is 54.7 Å². The molecule has 0 bridgehead atoms. The van der Waals surface area contributed by atoms with Crippen LogP contribution in [0.4, 0.5) is 4.79 Å². The average Bonchev–Trinajstić information content (AvgIpc) is 3.36. The van der Waals surface area contributed by atoms with Crippen LogP contribution in [0.3, 0.4) is 0 Å². The van der Waals surface area contributed by atoms with Crippen LogP contribution in [0.25, 0.3) is 0 Å². The van der Waals surface area contributed by atoms with Crippen LogP contribution >= 0.6 is 23.5 Å². The maximum absolute atomic E-state index is 12.9. The maximum Gasteiger partial charge on any atom is 0.408 e. The van der Waals surface area contributed by atoms with Gasteiger partial charge in [-0.1, -0.05) is 12.8 Å². The van der Waals surface area contributed by atoms with Crippen LogP contribution in [0, 0.1) is 0 Å². The van der Waals surface area contributed by atoms with E-state index < -0.39 is 23.6 Å². The Morgan fingerprint density at radius 1 is 1.06 bits per heavy atom. The number of carbonyl (C=O) groups excluding carboxylic acids is 4. The average molecular weight is 505 g/mol. The monoisotopic (exact) mass is 504 g/mol. The number of carbonyl (C=O) groups is 4. The number of hydrogen-bond acceptors (Lipinski definition) is 8. The Bertz CT molecular complexity index is 709. The van der Waals surface area contributed by atoms with E-state index in [9.17, 15) is 19.2 Å². The molecule has 4 amide bonds. The second kappa shape index (κ2) is 12.7. The van der Waals surface area contributed by atoms with Gasteiger partial charge in [-0.25, -0.2) is 10.3 Å². The van der Waals surface area contributed by atoms with E-state index in [-0.39, 0.29) is 28.9 Å². The summed E-state index contributed by atoms with van der Waals surface area (Å²) in [4.78, 5) is 50.3. The summed E-state index contributed by atoms with van der Waals surface area (Å²) in [5.74, 6) is 1.11. The van der Waals surface area contributed by atoms with Crippen molar-refractivity contribution in [3.8, 4) is 0 Å². The molecule has 2 aliphatic rings. The molecule has 0 saturated carbocycles. The first-order valence-electron chi connectivity index (χ1n) is 11.3. The number of alkyl carbamates (subject to hydrolysis) is 1. The molecule has 2 heterocycles. The quantitative estimate of drug-likeness (QED) is 0.201. The van der Waals surface area contributed by atoms with Crippen LogP contribution in [0.15, 0.2) is 0 Å². The topological polar surface area (TPSA) is 137 Å². The largest absolute Gasteiger partial charge is 0.444 e. The summed E-state index contributed by atoms with van der Waals surface area (Å²) in [7, 11) is 0. The number of ether oxygens (including phenoxy) is 1. The Hall–Kier alpha value is -1.66. The first-order chi connectivity index (χ1) is 15.6. The van der Waals surface area contributed by atoms with Crippen LogP contribution in [0.5, 0.6) is 0 Å². The fourth-order valence-corrected chi connectivity index (χ4v) is 7.01. The van der Waals surface area contributed by atoms with Crippen molar-refractivity contribution in [3.63, 3.8) is 0 Å². The molecule has 10 nitrogen and oxygen atoms in total. The van der Waals surface area contributed by atoms with Gasteiger partial charge in [-0.05, 0) is 33.6 Å². The van der Waals surface area contributed by atoms with E-state index in [0.29, 0.717) is 25.9 Å². The van der Waals surface area contributed by atoms with E-state index in [0.717, 1.165) is 30.8 Å². The smallest absolute Gasteiger partial charge is 0.408 e. The van der Waals surface area contributed by atoms with Crippen molar-refractivity contribution in [1.29, 1.82) is 0 Å². The summed E-state index contributed by atoms with van der Waals surface area (Å²) in [6.45, 7) is 6.00. The summed E-state index contributed by atoms with van der Waals surface area (Å²) >= 11 is 3.59. The van der Waals surface area contributed by atoms with Gasteiger partial charge in [0, 0.05) is 37.4 Å². The van der Waals surface area contributed by atoms with E-state index in [1.807, 2.05) is 0 Å². The number of nitrogens with zero attached hydrogens (tertiary/aromatic N) is 1. The molecule has 2 saturated heterocycles. The van der Waals surface area contributed by atoms with Gasteiger partial charge in [-0.2, -0.15) is 0 Å². The molecule has 1 atom stereocenters. The van der Waals surface area contributed by atoms with Gasteiger partial charge in [0.1, 0.15) is 18.2 Å². The van der Waals surface area contributed by atoms with E-state index in [4.69, 9.17) is 9.94 Å². The standard InChI is InChI=1S/C21H36N4O6S2/c1-20(2,3)31-19(29)23-13-17(27)25-14-21(32-10-11-33-21)12-15(25)18(28)22-9-7-5-4-6-8-16(26)24-30/h15,30H,4-14H2,1-3H3,(H,22,28)(H,23,29)(H,24,26)/t15-/m0/s1. The Morgan fingerprint density at radius 2 is 1.73 bits per heavy atom. The van der Waals surface area contributed by atoms with Crippen molar-refractivity contribution in [2.75, 3.05) is 31.1 Å². The van der Waals surface area contributed by atoms with Crippen molar-refractivity contribution in [1.82, 2.24) is 21.0 Å². The molecule has 0 aromatic rings. The van der Waals surface area contributed by atoms with Gasteiger partial charge in [0.25, 0.3) is 0 Å². The summed E-state index contributed by atoms with van der Waals surface area (Å²) < 4.78 is 5.02. The van der Waals surface area contributed by atoms with Gasteiger partial charge < -0.3 is 20.3 Å². The molecule has 2 rings (SSSR count). The highest BCUT2D eigenvalue weighted by atomic mass is 32.2. The number of unbranched alkanes of at least 4 members (excludes halogenated alkanes) is 3. The highest BCUT2D eigenvalue weighted by Gasteiger charge is 2.51. The molecule has 4 N–H and O–H groups in total. The molecule has 0 aromatic carbocycles. The predicted molar refractivity (Wildman–Crippen MR) is 128 cm³/mol. The third-order valence-electron chi connectivity index (χ3n) is 5.27. The molecule has 12 heteroatoms. The summed E-state index contributed by atoms with van der Waals surface area (Å²) in [6, 6.07) is -0.565. The number of hydroxylamine groups is 1. The third kappa shape index (κ3) is 9.24. The molecule has 2 aliphatic heterocycles. The minimum atomic E-state index is -0.660. The minimum Gasteiger partial charge on any atom is -0.444 e. The van der Waals surface area contributed by atoms with E-state index >= 15 is 0 Å². The normalized spacial score (nSPS) is 19.4. The predicted octanol–water partition coefficient (Wildman–Crippen LogP) is 1.86. The Balaban J connectivity index is 1.83. The number of nitrogens with one attached hydrogen (secondary N) is 3.